The number of likely N-dealkylation sites (tertiary alicyclic amines) is 1. The van der Waals surface area contributed by atoms with Crippen LogP contribution < -0.4 is 0 Å². The van der Waals surface area contributed by atoms with Gasteiger partial charge in [0.2, 0.25) is 0 Å². The highest BCUT2D eigenvalue weighted by Crippen LogP contribution is 2.49. The molecule has 4 atom stereocenters. The molecule has 1 saturated heterocycles. The highest BCUT2D eigenvalue weighted by Gasteiger charge is 2.53. The van der Waals surface area contributed by atoms with Gasteiger partial charge in [0.05, 0.1) is 25.9 Å². The molecule has 2 aromatic rings. The van der Waals surface area contributed by atoms with Crippen LogP contribution in [0.15, 0.2) is 60.7 Å². The van der Waals surface area contributed by atoms with Crippen molar-refractivity contribution in [2.75, 3.05) is 14.1 Å². The van der Waals surface area contributed by atoms with Gasteiger partial charge in [0.25, 0.3) is 0 Å². The molecule has 0 aromatic heterocycles. The molecule has 9 heteroatoms. The number of halogens is 3. The highest BCUT2D eigenvalue weighted by molar-refractivity contribution is 7.86. The fraction of sp³-hybridized carbons (Fsp3) is 0.409. The van der Waals surface area contributed by atoms with Crippen LogP contribution in [0, 0.1) is 11.8 Å². The number of hydrogen-bond donors (Lipinski definition) is 0. The molecular weight excluding hydrogens is 431 g/mol. The zero-order valence-electron chi connectivity index (χ0n) is 17.7. The zero-order chi connectivity index (χ0) is 23.6. The van der Waals surface area contributed by atoms with Crippen molar-refractivity contribution in [2.24, 2.45) is 11.8 Å². The Morgan fingerprint density at radius 2 is 1.10 bits per heavy atom. The summed E-state index contributed by atoms with van der Waals surface area (Å²) in [6.07, 6.45) is 0. The fourth-order valence-corrected chi connectivity index (χ4v) is 4.70. The topological polar surface area (TPSA) is 74.3 Å². The molecule has 31 heavy (non-hydrogen) atoms. The van der Waals surface area contributed by atoms with E-state index in [2.05, 4.69) is 76.5 Å². The van der Waals surface area contributed by atoms with Crippen molar-refractivity contribution < 1.29 is 35.4 Å². The summed E-state index contributed by atoms with van der Waals surface area (Å²) in [5.74, 6) is 0.440. The van der Waals surface area contributed by atoms with Crippen LogP contribution in [0.25, 0.3) is 0 Å². The van der Waals surface area contributed by atoms with Crippen LogP contribution in [-0.2, 0) is 14.9 Å². The summed E-state index contributed by atoms with van der Waals surface area (Å²) in [5.41, 5.74) is -3.13. The molecule has 0 unspecified atom stereocenters. The number of carbonyl (C=O) groups excluding carboxylic acids is 1. The smallest absolute Gasteiger partial charge is 0.485 e. The van der Waals surface area contributed by atoms with Gasteiger partial charge in [-0.2, -0.15) is 13.2 Å². The van der Waals surface area contributed by atoms with Gasteiger partial charge in [-0.3, -0.25) is 4.79 Å². The molecule has 170 valence electrons. The van der Waals surface area contributed by atoms with Crippen molar-refractivity contribution in [3.05, 3.63) is 71.8 Å². The predicted octanol–water partition coefficient (Wildman–Crippen LogP) is 4.45. The maximum Gasteiger partial charge on any atom is 0.485 e. The Balaban J connectivity index is 0.000000366. The van der Waals surface area contributed by atoms with E-state index in [4.69, 9.17) is 13.0 Å². The van der Waals surface area contributed by atoms with Gasteiger partial charge in [-0.25, -0.2) is 8.42 Å². The van der Waals surface area contributed by atoms with Crippen LogP contribution >= 0.6 is 0 Å². The number of alkyl halides is 3. The first kappa shape index (κ1) is 25.0. The van der Waals surface area contributed by atoms with Crippen LogP contribution in [0.2, 0.25) is 0 Å². The molecule has 0 N–H and O–H groups in total. The number of Topliss-reactive ketones (excluding diaryl/α,β-unsaturated/α-hetero) is 1. The maximum atomic E-state index is 13.0. The molecule has 2 aromatic carbocycles. The Bertz CT molecular complexity index is 935. The van der Waals surface area contributed by atoms with E-state index in [1.54, 1.807) is 0 Å². The van der Waals surface area contributed by atoms with Crippen molar-refractivity contribution in [1.82, 2.24) is 0 Å². The number of hydrogen-bond acceptors (Lipinski definition) is 4. The fourth-order valence-electron chi connectivity index (χ4n) is 4.70. The van der Waals surface area contributed by atoms with Gasteiger partial charge in [0.15, 0.2) is 15.9 Å². The number of carbonyl (C=O) groups is 1. The van der Waals surface area contributed by atoms with E-state index in [0.29, 0.717) is 5.78 Å². The zero-order valence-corrected chi connectivity index (χ0v) is 18.5. The molecular formula is C22H26F3NO4S. The Morgan fingerprint density at radius 1 is 0.806 bits per heavy atom. The summed E-state index contributed by atoms with van der Waals surface area (Å²) in [5, 5.41) is 0. The first-order valence-electron chi connectivity index (χ1n) is 9.68. The van der Waals surface area contributed by atoms with Gasteiger partial charge < -0.3 is 9.04 Å². The van der Waals surface area contributed by atoms with E-state index in [9.17, 15) is 18.0 Å². The number of rotatable bonds is 2. The lowest BCUT2D eigenvalue weighted by Gasteiger charge is -2.52. The standard InChI is InChI=1S/C21H26NO.CHF3O3S/c1-15-19(17-11-7-5-8-12-17)22(3,4)20(16(2)21(15)23)18-13-9-6-10-14-18;2-1(3,4)8(5,6)7/h5-16,19-20H,1-4H3;(H,5,6,7)/q+1;/p-1/t15-,16+,19+,20-;. The largest absolute Gasteiger partial charge is 0.741 e. The van der Waals surface area contributed by atoms with Crippen molar-refractivity contribution in [3.8, 4) is 0 Å². The third-order valence-electron chi connectivity index (χ3n) is 5.84. The summed E-state index contributed by atoms with van der Waals surface area (Å²) in [7, 11) is -1.55. The van der Waals surface area contributed by atoms with E-state index in [1.165, 1.54) is 11.1 Å². The molecule has 0 radical (unpaired) electrons. The van der Waals surface area contributed by atoms with Crippen molar-refractivity contribution in [2.45, 2.75) is 31.4 Å². The minimum Gasteiger partial charge on any atom is -0.741 e. The van der Waals surface area contributed by atoms with E-state index >= 15 is 0 Å². The number of quaternary nitrogens is 1. The van der Waals surface area contributed by atoms with Gasteiger partial charge in [-0.05, 0) is 13.8 Å². The second-order valence-corrected chi connectivity index (χ2v) is 9.59. The van der Waals surface area contributed by atoms with Gasteiger partial charge in [0.1, 0.15) is 12.1 Å². The lowest BCUT2D eigenvalue weighted by Crippen LogP contribution is -2.57. The average molecular weight is 458 g/mol. The molecule has 0 amide bonds. The summed E-state index contributed by atoms with van der Waals surface area (Å²) >= 11 is 0. The Labute approximate surface area is 180 Å². The summed E-state index contributed by atoms with van der Waals surface area (Å²) < 4.78 is 59.7. The number of ketones is 1. The second-order valence-electron chi connectivity index (χ2n) is 8.22. The quantitative estimate of drug-likeness (QED) is 0.379. The minimum absolute atomic E-state index is 0.0300. The minimum atomic E-state index is -6.09. The van der Waals surface area contributed by atoms with E-state index < -0.39 is 15.6 Å². The first-order valence-corrected chi connectivity index (χ1v) is 11.1. The van der Waals surface area contributed by atoms with Gasteiger partial charge >= 0.3 is 5.51 Å². The lowest BCUT2D eigenvalue weighted by molar-refractivity contribution is -0.959. The Hall–Kier alpha value is -2.23. The third kappa shape index (κ3) is 5.34. The van der Waals surface area contributed by atoms with E-state index in [0.717, 1.165) is 4.48 Å². The number of nitrogens with zero attached hydrogens (tertiary/aromatic N) is 1. The van der Waals surface area contributed by atoms with Crippen LogP contribution in [0.1, 0.15) is 37.1 Å². The van der Waals surface area contributed by atoms with Crippen LogP contribution in [0.3, 0.4) is 0 Å². The third-order valence-corrected chi connectivity index (χ3v) is 6.41. The SMILES string of the molecule is C[C@@H]1C(=O)[C@H](C)[C@@H](c2ccccc2)[N+](C)(C)[C@H]1c1ccccc1.O=S(=O)([O-])C(F)(F)F. The molecule has 1 fully saturated rings. The van der Waals surface area contributed by atoms with Crippen molar-refractivity contribution in [3.63, 3.8) is 0 Å². The summed E-state index contributed by atoms with van der Waals surface area (Å²) in [6.45, 7) is 4.19. The van der Waals surface area contributed by atoms with Gasteiger partial charge in [-0.15, -0.1) is 0 Å². The average Bonchev–Trinajstić information content (AvgIpc) is 2.67. The Kier molecular flexibility index (Phi) is 7.35. The molecule has 0 bridgehead atoms. The summed E-state index contributed by atoms with van der Waals surface area (Å²) in [6, 6.07) is 21.4. The second kappa shape index (κ2) is 9.10. The predicted molar refractivity (Wildman–Crippen MR) is 110 cm³/mol. The van der Waals surface area contributed by atoms with E-state index in [-0.39, 0.29) is 23.9 Å². The van der Waals surface area contributed by atoms with Crippen LogP contribution in [-0.4, -0.2) is 42.8 Å². The molecule has 1 aliphatic heterocycles. The van der Waals surface area contributed by atoms with Gasteiger partial charge in [-0.1, -0.05) is 60.7 Å². The normalized spacial score (nSPS) is 26.0. The Morgan fingerprint density at radius 3 is 1.35 bits per heavy atom. The molecule has 3 rings (SSSR count). The molecule has 0 spiro atoms. The van der Waals surface area contributed by atoms with Crippen LogP contribution in [0.4, 0.5) is 13.2 Å². The summed E-state index contributed by atoms with van der Waals surface area (Å²) in [4.78, 5) is 13.0. The number of piperidine rings is 1. The first-order chi connectivity index (χ1) is 14.2. The monoisotopic (exact) mass is 457 g/mol. The molecule has 1 heterocycles. The molecule has 1 aliphatic rings. The van der Waals surface area contributed by atoms with Crippen LogP contribution in [0.5, 0.6) is 0 Å². The maximum absolute atomic E-state index is 13.0. The number of benzene rings is 2. The molecule has 0 saturated carbocycles. The van der Waals surface area contributed by atoms with Crippen molar-refractivity contribution in [1.29, 1.82) is 0 Å². The van der Waals surface area contributed by atoms with Gasteiger partial charge in [0, 0.05) is 11.1 Å². The van der Waals surface area contributed by atoms with Crippen molar-refractivity contribution >= 4 is 15.9 Å². The lowest BCUT2D eigenvalue weighted by atomic mass is 9.73. The molecule has 0 aliphatic carbocycles. The van der Waals surface area contributed by atoms with E-state index in [1.807, 2.05) is 12.1 Å². The molecule has 5 nitrogen and oxygen atoms in total. The highest BCUT2D eigenvalue weighted by atomic mass is 32.2.